The number of hydrogen-bond acceptors (Lipinski definition) is 4. The Balaban J connectivity index is 2.43. The van der Waals surface area contributed by atoms with Crippen LogP contribution < -0.4 is 5.32 Å². The van der Waals surface area contributed by atoms with Crippen LogP contribution in [0.15, 0.2) is 0 Å². The Morgan fingerprint density at radius 2 is 2.05 bits per heavy atom. The van der Waals surface area contributed by atoms with Crippen molar-refractivity contribution in [1.29, 1.82) is 0 Å². The van der Waals surface area contributed by atoms with Crippen molar-refractivity contribution >= 4 is 5.97 Å². The molecule has 5 nitrogen and oxygen atoms in total. The molecule has 0 aromatic carbocycles. The van der Waals surface area contributed by atoms with Crippen LogP contribution in [0.1, 0.15) is 47.0 Å². The Kier molecular flexibility index (Phi) is 6.43. The van der Waals surface area contributed by atoms with E-state index in [1.54, 1.807) is 6.92 Å². The summed E-state index contributed by atoms with van der Waals surface area (Å²) in [6.45, 7) is 9.40. The molecule has 0 spiro atoms. The second-order valence-electron chi connectivity index (χ2n) is 6.51. The molecule has 1 fully saturated rings. The molecule has 0 saturated heterocycles. The van der Waals surface area contributed by atoms with Gasteiger partial charge >= 0.3 is 5.97 Å². The van der Waals surface area contributed by atoms with E-state index < -0.39 is 11.5 Å². The Morgan fingerprint density at radius 3 is 2.50 bits per heavy atom. The normalized spacial score (nSPS) is 20.1. The number of nitrogens with one attached hydrogen (secondary N) is 1. The van der Waals surface area contributed by atoms with Crippen LogP contribution in [0.2, 0.25) is 0 Å². The Bertz CT molecular complexity index is 318. The molecule has 5 heteroatoms. The Hall–Kier alpha value is -0.650. The number of likely N-dealkylation sites (N-methyl/N-ethyl adjacent to an activating group) is 1. The number of aliphatic carboxylic acids is 1. The van der Waals surface area contributed by atoms with E-state index in [-0.39, 0.29) is 12.1 Å². The van der Waals surface area contributed by atoms with Crippen molar-refractivity contribution in [2.45, 2.75) is 70.7 Å². The molecule has 0 aliphatic heterocycles. The van der Waals surface area contributed by atoms with Crippen molar-refractivity contribution in [2.24, 2.45) is 0 Å². The molecule has 2 atom stereocenters. The first-order valence-corrected chi connectivity index (χ1v) is 7.57. The van der Waals surface area contributed by atoms with Gasteiger partial charge in [0.05, 0.1) is 12.7 Å². The lowest BCUT2D eigenvalue weighted by Crippen LogP contribution is -2.54. The van der Waals surface area contributed by atoms with Crippen LogP contribution in [0, 0.1) is 0 Å². The molecule has 0 bridgehead atoms. The van der Waals surface area contributed by atoms with Crippen LogP contribution in [0.3, 0.4) is 0 Å². The minimum absolute atomic E-state index is 0.193. The number of ether oxygens (including phenoxy) is 1. The van der Waals surface area contributed by atoms with Crippen molar-refractivity contribution in [3.8, 4) is 0 Å². The molecule has 0 heterocycles. The maximum absolute atomic E-state index is 11.5. The number of hydrogen-bond donors (Lipinski definition) is 2. The highest BCUT2D eigenvalue weighted by Gasteiger charge is 2.39. The lowest BCUT2D eigenvalue weighted by molar-refractivity contribution is -0.145. The first kappa shape index (κ1) is 17.4. The van der Waals surface area contributed by atoms with Gasteiger partial charge in [-0.25, -0.2) is 0 Å². The summed E-state index contributed by atoms with van der Waals surface area (Å²) in [5, 5.41) is 12.8. The number of rotatable bonds is 10. The summed E-state index contributed by atoms with van der Waals surface area (Å²) in [4.78, 5) is 13.7. The lowest BCUT2D eigenvalue weighted by Gasteiger charge is -2.33. The van der Waals surface area contributed by atoms with Crippen LogP contribution >= 0.6 is 0 Å². The van der Waals surface area contributed by atoms with Crippen LogP contribution in [-0.2, 0) is 9.53 Å². The van der Waals surface area contributed by atoms with Gasteiger partial charge in [-0.15, -0.1) is 0 Å². The molecule has 0 aromatic heterocycles. The van der Waals surface area contributed by atoms with E-state index >= 15 is 0 Å². The van der Waals surface area contributed by atoms with Gasteiger partial charge in [0.15, 0.2) is 0 Å². The predicted octanol–water partition coefficient (Wildman–Crippen LogP) is 1.72. The van der Waals surface area contributed by atoms with Crippen molar-refractivity contribution in [3.63, 3.8) is 0 Å². The highest BCUT2D eigenvalue weighted by atomic mass is 16.5. The largest absolute Gasteiger partial charge is 0.480 e. The second-order valence-corrected chi connectivity index (χ2v) is 6.51. The zero-order valence-corrected chi connectivity index (χ0v) is 13.5. The van der Waals surface area contributed by atoms with E-state index in [2.05, 4.69) is 17.1 Å². The second kappa shape index (κ2) is 7.38. The third-order valence-electron chi connectivity index (χ3n) is 3.92. The zero-order chi connectivity index (χ0) is 15.3. The minimum atomic E-state index is -0.840. The molecular formula is C15H30N2O3. The topological polar surface area (TPSA) is 61.8 Å². The number of carbonyl (C=O) groups is 1. The van der Waals surface area contributed by atoms with Crippen LogP contribution in [0.5, 0.6) is 0 Å². The quantitative estimate of drug-likeness (QED) is 0.640. The van der Waals surface area contributed by atoms with Gasteiger partial charge in [0.25, 0.3) is 0 Å². The van der Waals surface area contributed by atoms with E-state index in [0.717, 1.165) is 19.4 Å². The predicted molar refractivity (Wildman–Crippen MR) is 80.0 cm³/mol. The summed E-state index contributed by atoms with van der Waals surface area (Å²) in [5.74, 6) is -0.761. The molecule has 1 aliphatic rings. The van der Waals surface area contributed by atoms with Gasteiger partial charge in [-0.05, 0) is 54.0 Å². The molecule has 118 valence electrons. The van der Waals surface area contributed by atoms with Gasteiger partial charge in [-0.3, -0.25) is 10.1 Å². The number of nitrogens with zero attached hydrogens (tertiary/aromatic N) is 1. The van der Waals surface area contributed by atoms with Gasteiger partial charge in [-0.2, -0.15) is 0 Å². The van der Waals surface area contributed by atoms with E-state index in [1.807, 2.05) is 20.9 Å². The monoisotopic (exact) mass is 286 g/mol. The Labute approximate surface area is 122 Å². The minimum Gasteiger partial charge on any atom is -0.480 e. The maximum atomic E-state index is 11.5. The molecular weight excluding hydrogens is 256 g/mol. The molecule has 1 rings (SSSR count). The smallest absolute Gasteiger partial charge is 0.323 e. The summed E-state index contributed by atoms with van der Waals surface area (Å²) >= 11 is 0. The SMILES string of the molecule is CC(C)OCCN(C)C(C)CC(C)(NC1CC1)C(=O)O. The summed E-state index contributed by atoms with van der Waals surface area (Å²) in [7, 11) is 2.02. The van der Waals surface area contributed by atoms with Crippen LogP contribution in [0.25, 0.3) is 0 Å². The lowest BCUT2D eigenvalue weighted by atomic mass is 9.93. The number of carboxylic acid groups (broad SMARTS) is 1. The van der Waals surface area contributed by atoms with Gasteiger partial charge in [0.2, 0.25) is 0 Å². The van der Waals surface area contributed by atoms with Gasteiger partial charge < -0.3 is 14.7 Å². The maximum Gasteiger partial charge on any atom is 0.323 e. The van der Waals surface area contributed by atoms with E-state index in [4.69, 9.17) is 4.74 Å². The zero-order valence-electron chi connectivity index (χ0n) is 13.5. The molecule has 2 unspecified atom stereocenters. The van der Waals surface area contributed by atoms with Crippen molar-refractivity contribution in [3.05, 3.63) is 0 Å². The highest BCUT2D eigenvalue weighted by molar-refractivity contribution is 5.78. The fraction of sp³-hybridized carbons (Fsp3) is 0.933. The van der Waals surface area contributed by atoms with E-state index in [9.17, 15) is 9.90 Å². The third-order valence-corrected chi connectivity index (χ3v) is 3.92. The molecule has 20 heavy (non-hydrogen) atoms. The van der Waals surface area contributed by atoms with Crippen LogP contribution in [0.4, 0.5) is 0 Å². The van der Waals surface area contributed by atoms with Gasteiger partial charge in [0.1, 0.15) is 5.54 Å². The summed E-state index contributed by atoms with van der Waals surface area (Å²) in [6, 6.07) is 0.580. The fourth-order valence-corrected chi connectivity index (χ4v) is 2.29. The fourth-order valence-electron chi connectivity index (χ4n) is 2.29. The molecule has 0 radical (unpaired) electrons. The molecule has 2 N–H and O–H groups in total. The van der Waals surface area contributed by atoms with E-state index in [0.29, 0.717) is 19.1 Å². The highest BCUT2D eigenvalue weighted by Crippen LogP contribution is 2.25. The van der Waals surface area contributed by atoms with E-state index in [1.165, 1.54) is 0 Å². The van der Waals surface area contributed by atoms with Crippen molar-refractivity contribution in [1.82, 2.24) is 10.2 Å². The molecule has 1 aliphatic carbocycles. The number of carboxylic acids is 1. The first-order chi connectivity index (χ1) is 9.24. The summed E-state index contributed by atoms with van der Waals surface area (Å²) < 4.78 is 5.54. The van der Waals surface area contributed by atoms with Gasteiger partial charge in [0, 0.05) is 18.6 Å². The summed E-state index contributed by atoms with van der Waals surface area (Å²) in [6.07, 6.45) is 3.02. The molecule has 0 aromatic rings. The Morgan fingerprint density at radius 1 is 1.45 bits per heavy atom. The summed E-state index contributed by atoms with van der Waals surface area (Å²) in [5.41, 5.74) is -0.840. The van der Waals surface area contributed by atoms with Gasteiger partial charge in [-0.1, -0.05) is 0 Å². The third kappa shape index (κ3) is 5.77. The van der Waals surface area contributed by atoms with Crippen molar-refractivity contribution < 1.29 is 14.6 Å². The average molecular weight is 286 g/mol. The molecule has 0 amide bonds. The molecule has 1 saturated carbocycles. The standard InChI is InChI=1S/C15H30N2O3/c1-11(2)20-9-8-17(5)12(3)10-15(4,14(18)19)16-13-6-7-13/h11-13,16H,6-10H2,1-5H3,(H,18,19). The first-order valence-electron chi connectivity index (χ1n) is 7.57. The average Bonchev–Trinajstić information content (AvgIpc) is 3.11. The van der Waals surface area contributed by atoms with Crippen LogP contribution in [-0.4, -0.2) is 59.9 Å². The van der Waals surface area contributed by atoms with Crippen molar-refractivity contribution in [2.75, 3.05) is 20.2 Å².